The second-order valence-electron chi connectivity index (χ2n) is 7.34. The molecule has 0 N–H and O–H groups in total. The number of nitrogens with zero attached hydrogens (tertiary/aromatic N) is 2. The highest BCUT2D eigenvalue weighted by atomic mass is 32.2. The van der Waals surface area contributed by atoms with Crippen molar-refractivity contribution < 1.29 is 39.9 Å². The molecule has 1 aliphatic rings. The Hall–Kier alpha value is -2.73. The molecule has 0 spiro atoms. The fraction of sp³-hybridized carbons (Fsp3) is 0.381. The minimum atomic E-state index is -4.66. The van der Waals surface area contributed by atoms with Gasteiger partial charge in [-0.3, -0.25) is 4.79 Å². The number of ether oxygens (including phenoxy) is 1. The number of hydrogen-bond donors (Lipinski definition) is 0. The predicted molar refractivity (Wildman–Crippen MR) is 108 cm³/mol. The van der Waals surface area contributed by atoms with Crippen LogP contribution in [0.2, 0.25) is 0 Å². The Morgan fingerprint density at radius 3 is 2.33 bits per heavy atom. The molecule has 2 aromatic carbocycles. The van der Waals surface area contributed by atoms with Gasteiger partial charge in [0.15, 0.2) is 11.6 Å². The molecule has 1 aliphatic heterocycles. The van der Waals surface area contributed by atoms with Crippen molar-refractivity contribution in [3.8, 4) is 5.75 Å². The van der Waals surface area contributed by atoms with E-state index in [1.54, 1.807) is 0 Å². The summed E-state index contributed by atoms with van der Waals surface area (Å²) in [6.45, 7) is 0.0936. The van der Waals surface area contributed by atoms with E-state index in [0.717, 1.165) is 34.6 Å². The lowest BCUT2D eigenvalue weighted by Crippen LogP contribution is -2.50. The van der Waals surface area contributed by atoms with E-state index in [-0.39, 0.29) is 57.3 Å². The molecule has 33 heavy (non-hydrogen) atoms. The van der Waals surface area contributed by atoms with Gasteiger partial charge in [0.2, 0.25) is 15.9 Å². The number of sulfonamides is 1. The molecule has 0 unspecified atom stereocenters. The van der Waals surface area contributed by atoms with E-state index < -0.39 is 38.3 Å². The molecule has 0 atom stereocenters. The van der Waals surface area contributed by atoms with Crippen LogP contribution in [0.5, 0.6) is 5.75 Å². The molecule has 1 saturated heterocycles. The Morgan fingerprint density at radius 2 is 1.70 bits per heavy atom. The molecule has 3 rings (SSSR count). The maximum absolute atomic E-state index is 13.5. The van der Waals surface area contributed by atoms with Crippen molar-refractivity contribution in [2.75, 3.05) is 32.8 Å². The first kappa shape index (κ1) is 24.9. The van der Waals surface area contributed by atoms with Crippen molar-refractivity contribution in [1.29, 1.82) is 0 Å². The van der Waals surface area contributed by atoms with Gasteiger partial charge < -0.3 is 9.64 Å². The fourth-order valence-electron chi connectivity index (χ4n) is 3.32. The molecule has 0 saturated carbocycles. The molecule has 1 heterocycles. The molecule has 180 valence electrons. The van der Waals surface area contributed by atoms with Crippen LogP contribution in [0.25, 0.3) is 0 Å². The zero-order chi connectivity index (χ0) is 24.2. The first-order valence-corrected chi connectivity index (χ1v) is 11.5. The van der Waals surface area contributed by atoms with Crippen LogP contribution in [-0.4, -0.2) is 56.3 Å². The third kappa shape index (κ3) is 6.20. The van der Waals surface area contributed by atoms with E-state index in [4.69, 9.17) is 4.74 Å². The monoisotopic (exact) mass is 492 g/mol. The molecule has 0 bridgehead atoms. The van der Waals surface area contributed by atoms with Crippen LogP contribution in [0.1, 0.15) is 18.4 Å². The van der Waals surface area contributed by atoms with Gasteiger partial charge in [0.05, 0.1) is 17.1 Å². The van der Waals surface area contributed by atoms with Crippen molar-refractivity contribution in [2.24, 2.45) is 0 Å². The van der Waals surface area contributed by atoms with Gasteiger partial charge in [-0.05, 0) is 36.8 Å². The second-order valence-corrected chi connectivity index (χ2v) is 9.28. The SMILES string of the molecule is O=C(CCCOc1ccc(F)cc1F)N1CCN(S(=O)(=O)c2cccc(C(F)(F)F)c2)CC1. The molecule has 1 fully saturated rings. The third-order valence-corrected chi connectivity index (χ3v) is 6.97. The number of alkyl halides is 3. The number of hydrogen-bond acceptors (Lipinski definition) is 4. The summed E-state index contributed by atoms with van der Waals surface area (Å²) in [6, 6.07) is 6.42. The smallest absolute Gasteiger partial charge is 0.416 e. The van der Waals surface area contributed by atoms with E-state index >= 15 is 0 Å². The van der Waals surface area contributed by atoms with Gasteiger partial charge in [-0.15, -0.1) is 0 Å². The average molecular weight is 492 g/mol. The topological polar surface area (TPSA) is 66.9 Å². The molecule has 2 aromatic rings. The summed E-state index contributed by atoms with van der Waals surface area (Å²) in [5.41, 5.74) is -1.06. The number of amides is 1. The minimum Gasteiger partial charge on any atom is -0.491 e. The number of rotatable bonds is 7. The zero-order valence-electron chi connectivity index (χ0n) is 17.3. The van der Waals surface area contributed by atoms with Crippen LogP contribution >= 0.6 is 0 Å². The van der Waals surface area contributed by atoms with Crippen LogP contribution in [-0.2, 0) is 21.0 Å². The molecule has 1 amide bonds. The maximum atomic E-state index is 13.5. The summed E-state index contributed by atoms with van der Waals surface area (Å²) >= 11 is 0. The standard InChI is InChI=1S/C21H21F5N2O4S/c22-16-6-7-19(18(23)14-16)32-12-2-5-20(29)27-8-10-28(11-9-27)33(30,31)17-4-1-3-15(13-17)21(24,25)26/h1,3-4,6-7,13-14H,2,5,8-12H2. The third-order valence-electron chi connectivity index (χ3n) is 5.08. The Labute approximate surface area is 187 Å². The highest BCUT2D eigenvalue weighted by molar-refractivity contribution is 7.89. The lowest BCUT2D eigenvalue weighted by molar-refractivity contribution is -0.137. The summed E-state index contributed by atoms with van der Waals surface area (Å²) in [5, 5.41) is 0. The first-order valence-electron chi connectivity index (χ1n) is 10.0. The van der Waals surface area contributed by atoms with E-state index in [1.807, 2.05) is 0 Å². The Morgan fingerprint density at radius 1 is 1.00 bits per heavy atom. The van der Waals surface area contributed by atoms with Gasteiger partial charge in [-0.25, -0.2) is 17.2 Å². The molecule has 12 heteroatoms. The van der Waals surface area contributed by atoms with E-state index in [0.29, 0.717) is 12.1 Å². The quantitative estimate of drug-likeness (QED) is 0.437. The number of carbonyl (C=O) groups excluding carboxylic acids is 1. The summed E-state index contributed by atoms with van der Waals surface area (Å²) in [6.07, 6.45) is -4.33. The molecular formula is C21H21F5N2O4S. The van der Waals surface area contributed by atoms with Crippen LogP contribution < -0.4 is 4.74 Å². The number of piperazine rings is 1. The van der Waals surface area contributed by atoms with Crippen LogP contribution in [0, 0.1) is 11.6 Å². The largest absolute Gasteiger partial charge is 0.491 e. The normalized spacial score (nSPS) is 15.5. The van der Waals surface area contributed by atoms with Crippen LogP contribution in [0.3, 0.4) is 0 Å². The molecule has 0 radical (unpaired) electrons. The molecule has 0 aliphatic carbocycles. The van der Waals surface area contributed by atoms with Crippen LogP contribution in [0.15, 0.2) is 47.4 Å². The summed E-state index contributed by atoms with van der Waals surface area (Å²) in [7, 11) is -4.14. The van der Waals surface area contributed by atoms with E-state index in [2.05, 4.69) is 0 Å². The van der Waals surface area contributed by atoms with Gasteiger partial charge >= 0.3 is 6.18 Å². The van der Waals surface area contributed by atoms with E-state index in [9.17, 15) is 35.2 Å². The Bertz CT molecular complexity index is 1100. The van der Waals surface area contributed by atoms with Crippen molar-refractivity contribution in [2.45, 2.75) is 23.9 Å². The van der Waals surface area contributed by atoms with Gasteiger partial charge in [-0.1, -0.05) is 6.07 Å². The number of carbonyl (C=O) groups is 1. The van der Waals surface area contributed by atoms with Gasteiger partial charge in [0.25, 0.3) is 0 Å². The lowest BCUT2D eigenvalue weighted by Gasteiger charge is -2.34. The Balaban J connectivity index is 1.49. The Kier molecular flexibility index (Phi) is 7.58. The van der Waals surface area contributed by atoms with Gasteiger partial charge in [0.1, 0.15) is 5.82 Å². The second kappa shape index (κ2) is 10.0. The average Bonchev–Trinajstić information content (AvgIpc) is 2.77. The van der Waals surface area contributed by atoms with Crippen molar-refractivity contribution in [1.82, 2.24) is 9.21 Å². The highest BCUT2D eigenvalue weighted by Gasteiger charge is 2.34. The molecular weight excluding hydrogens is 471 g/mol. The molecule has 0 aromatic heterocycles. The van der Waals surface area contributed by atoms with Gasteiger partial charge in [-0.2, -0.15) is 17.5 Å². The van der Waals surface area contributed by atoms with Crippen molar-refractivity contribution in [3.05, 3.63) is 59.7 Å². The van der Waals surface area contributed by atoms with Crippen LogP contribution in [0.4, 0.5) is 22.0 Å². The summed E-state index contributed by atoms with van der Waals surface area (Å²) in [4.78, 5) is 13.4. The van der Waals surface area contributed by atoms with Gasteiger partial charge in [0, 0.05) is 38.7 Å². The van der Waals surface area contributed by atoms with Crippen molar-refractivity contribution in [3.63, 3.8) is 0 Å². The predicted octanol–water partition coefficient (Wildman–Crippen LogP) is 3.68. The number of benzene rings is 2. The lowest BCUT2D eigenvalue weighted by atomic mass is 10.2. The molecule has 6 nitrogen and oxygen atoms in total. The fourth-order valence-corrected chi connectivity index (χ4v) is 4.78. The zero-order valence-corrected chi connectivity index (χ0v) is 18.1. The maximum Gasteiger partial charge on any atom is 0.416 e. The summed E-state index contributed by atoms with van der Waals surface area (Å²) < 4.78 is 96.8. The highest BCUT2D eigenvalue weighted by Crippen LogP contribution is 2.31. The summed E-state index contributed by atoms with van der Waals surface area (Å²) in [5.74, 6) is -1.96. The first-order chi connectivity index (χ1) is 15.5. The van der Waals surface area contributed by atoms with Crippen molar-refractivity contribution >= 4 is 15.9 Å². The van der Waals surface area contributed by atoms with E-state index in [1.165, 1.54) is 4.90 Å². The number of halogens is 5. The minimum absolute atomic E-state index is 0.0260.